The van der Waals surface area contributed by atoms with E-state index in [0.29, 0.717) is 5.69 Å². The Labute approximate surface area is 115 Å². The van der Waals surface area contributed by atoms with Gasteiger partial charge < -0.3 is 10.2 Å². The summed E-state index contributed by atoms with van der Waals surface area (Å²) in [6.07, 6.45) is -0.854. The average molecular weight is 305 g/mol. The Kier molecular flexibility index (Phi) is 4.50. The first kappa shape index (κ1) is 16.1. The van der Waals surface area contributed by atoms with Crippen molar-refractivity contribution in [3.63, 3.8) is 0 Å². The van der Waals surface area contributed by atoms with Crippen LogP contribution in [0.25, 0.3) is 0 Å². The number of hydrogen-bond acceptors (Lipinski definition) is 5. The van der Waals surface area contributed by atoms with Gasteiger partial charge in [0.05, 0.1) is 17.8 Å². The standard InChI is InChI=1S/C10H15N3O6S/c1-5-9(6(2)13(3)11-5)20(18,19)12-7(10(16)17)4-8(14)15/h7,12H,4H2,1-3H3,(H,14,15)(H,16,17)/t7-/m1/s1. The first-order valence-corrected chi connectivity index (χ1v) is 7.01. The minimum absolute atomic E-state index is 0.142. The molecular weight excluding hydrogens is 290 g/mol. The molecule has 3 N–H and O–H groups in total. The van der Waals surface area contributed by atoms with Gasteiger partial charge in [0, 0.05) is 7.05 Å². The average Bonchev–Trinajstić information content (AvgIpc) is 2.51. The van der Waals surface area contributed by atoms with Crippen molar-refractivity contribution in [2.75, 3.05) is 0 Å². The van der Waals surface area contributed by atoms with Gasteiger partial charge in [-0.25, -0.2) is 8.42 Å². The first-order valence-electron chi connectivity index (χ1n) is 5.53. The largest absolute Gasteiger partial charge is 0.481 e. The van der Waals surface area contributed by atoms with E-state index in [2.05, 4.69) is 5.10 Å². The van der Waals surface area contributed by atoms with Crippen molar-refractivity contribution in [1.82, 2.24) is 14.5 Å². The number of aliphatic carboxylic acids is 2. The molecule has 0 aromatic carbocycles. The molecular formula is C10H15N3O6S. The van der Waals surface area contributed by atoms with Crippen LogP contribution in [0.2, 0.25) is 0 Å². The highest BCUT2D eigenvalue weighted by atomic mass is 32.2. The fraction of sp³-hybridized carbons (Fsp3) is 0.500. The number of nitrogens with zero attached hydrogens (tertiary/aromatic N) is 2. The second kappa shape index (κ2) is 5.59. The van der Waals surface area contributed by atoms with E-state index in [9.17, 15) is 18.0 Å². The van der Waals surface area contributed by atoms with E-state index in [1.54, 1.807) is 7.05 Å². The number of nitrogens with one attached hydrogen (secondary N) is 1. The number of carboxylic acid groups (broad SMARTS) is 2. The number of hydrogen-bond donors (Lipinski definition) is 3. The minimum Gasteiger partial charge on any atom is -0.481 e. The van der Waals surface area contributed by atoms with Crippen LogP contribution in [-0.4, -0.2) is 46.4 Å². The summed E-state index contributed by atoms with van der Waals surface area (Å²) in [4.78, 5) is 21.3. The lowest BCUT2D eigenvalue weighted by Crippen LogP contribution is -2.42. The molecule has 9 nitrogen and oxygen atoms in total. The molecule has 1 aromatic rings. The van der Waals surface area contributed by atoms with Gasteiger partial charge in [0.15, 0.2) is 0 Å². The molecule has 0 fully saturated rings. The Morgan fingerprint density at radius 1 is 1.35 bits per heavy atom. The summed E-state index contributed by atoms with van der Waals surface area (Å²) in [5.74, 6) is -2.98. The summed E-state index contributed by atoms with van der Waals surface area (Å²) in [7, 11) is -2.62. The summed E-state index contributed by atoms with van der Waals surface area (Å²) in [5.41, 5.74) is 0.534. The van der Waals surface area contributed by atoms with E-state index in [-0.39, 0.29) is 10.6 Å². The van der Waals surface area contributed by atoms with Crippen molar-refractivity contribution in [2.45, 2.75) is 31.2 Å². The van der Waals surface area contributed by atoms with Crippen LogP contribution in [0, 0.1) is 13.8 Å². The smallest absolute Gasteiger partial charge is 0.322 e. The van der Waals surface area contributed by atoms with E-state index in [1.165, 1.54) is 18.5 Å². The zero-order valence-corrected chi connectivity index (χ0v) is 11.9. The second-order valence-corrected chi connectivity index (χ2v) is 5.88. The number of aromatic nitrogens is 2. The monoisotopic (exact) mass is 305 g/mol. The Bertz CT molecular complexity index is 648. The minimum atomic E-state index is -4.17. The predicted octanol–water partition coefficient (Wildman–Crippen LogP) is -0.757. The van der Waals surface area contributed by atoms with Crippen LogP contribution in [0.4, 0.5) is 0 Å². The molecule has 0 bridgehead atoms. The van der Waals surface area contributed by atoms with Crippen molar-refractivity contribution >= 4 is 22.0 Å². The first-order chi connectivity index (χ1) is 9.06. The van der Waals surface area contributed by atoms with Crippen LogP contribution in [0.3, 0.4) is 0 Å². The summed E-state index contributed by atoms with van der Waals surface area (Å²) >= 11 is 0. The number of aryl methyl sites for hydroxylation is 2. The van der Waals surface area contributed by atoms with Crippen molar-refractivity contribution < 1.29 is 28.2 Å². The van der Waals surface area contributed by atoms with Gasteiger partial charge in [0.2, 0.25) is 10.0 Å². The lowest BCUT2D eigenvalue weighted by molar-refractivity contribution is -0.145. The highest BCUT2D eigenvalue weighted by molar-refractivity contribution is 7.89. The van der Waals surface area contributed by atoms with E-state index < -0.39 is 34.4 Å². The topological polar surface area (TPSA) is 139 Å². The highest BCUT2D eigenvalue weighted by Crippen LogP contribution is 2.19. The fourth-order valence-corrected chi connectivity index (χ4v) is 3.37. The zero-order valence-electron chi connectivity index (χ0n) is 11.1. The van der Waals surface area contributed by atoms with Crippen LogP contribution in [0.1, 0.15) is 17.8 Å². The molecule has 0 saturated heterocycles. The number of rotatable bonds is 6. The Balaban J connectivity index is 3.16. The third-order valence-electron chi connectivity index (χ3n) is 2.69. The molecule has 20 heavy (non-hydrogen) atoms. The van der Waals surface area contributed by atoms with Gasteiger partial charge in [-0.1, -0.05) is 0 Å². The second-order valence-electron chi connectivity index (χ2n) is 4.23. The van der Waals surface area contributed by atoms with Crippen molar-refractivity contribution in [3.05, 3.63) is 11.4 Å². The molecule has 1 rings (SSSR count). The molecule has 0 aliphatic rings. The summed E-state index contributed by atoms with van der Waals surface area (Å²) in [6, 6.07) is -1.74. The van der Waals surface area contributed by atoms with Gasteiger partial charge in [0.25, 0.3) is 0 Å². The van der Waals surface area contributed by atoms with Crippen molar-refractivity contribution in [1.29, 1.82) is 0 Å². The third kappa shape index (κ3) is 3.33. The fourth-order valence-electron chi connectivity index (χ4n) is 1.74. The summed E-state index contributed by atoms with van der Waals surface area (Å²) < 4.78 is 27.5. The van der Waals surface area contributed by atoms with E-state index in [4.69, 9.17) is 10.2 Å². The number of carbonyl (C=O) groups is 2. The Morgan fingerprint density at radius 3 is 2.25 bits per heavy atom. The van der Waals surface area contributed by atoms with Gasteiger partial charge in [-0.05, 0) is 13.8 Å². The molecule has 0 unspecified atom stereocenters. The number of carboxylic acids is 2. The molecule has 0 aliphatic carbocycles. The Morgan fingerprint density at radius 2 is 1.90 bits per heavy atom. The molecule has 0 aliphatic heterocycles. The van der Waals surface area contributed by atoms with Gasteiger partial charge in [0.1, 0.15) is 10.9 Å². The molecule has 1 atom stereocenters. The molecule has 0 amide bonds. The van der Waals surface area contributed by atoms with Crippen LogP contribution in [0.15, 0.2) is 4.90 Å². The van der Waals surface area contributed by atoms with Crippen LogP contribution in [0.5, 0.6) is 0 Å². The maximum Gasteiger partial charge on any atom is 0.322 e. The van der Waals surface area contributed by atoms with Crippen molar-refractivity contribution in [2.24, 2.45) is 7.05 Å². The molecule has 1 aromatic heterocycles. The summed E-state index contributed by atoms with van der Waals surface area (Å²) in [5, 5.41) is 21.4. The third-order valence-corrected chi connectivity index (χ3v) is 4.41. The van der Waals surface area contributed by atoms with E-state index in [0.717, 1.165) is 0 Å². The van der Waals surface area contributed by atoms with Crippen LogP contribution >= 0.6 is 0 Å². The zero-order chi connectivity index (χ0) is 15.7. The molecule has 10 heteroatoms. The van der Waals surface area contributed by atoms with Gasteiger partial charge in [-0.2, -0.15) is 9.82 Å². The Hall–Kier alpha value is -1.94. The van der Waals surface area contributed by atoms with Gasteiger partial charge in [-0.3, -0.25) is 14.3 Å². The normalized spacial score (nSPS) is 13.2. The van der Waals surface area contributed by atoms with Gasteiger partial charge >= 0.3 is 11.9 Å². The maximum absolute atomic E-state index is 12.2. The molecule has 0 spiro atoms. The summed E-state index contributed by atoms with van der Waals surface area (Å²) in [6.45, 7) is 2.98. The lowest BCUT2D eigenvalue weighted by Gasteiger charge is -2.13. The molecule has 112 valence electrons. The molecule has 1 heterocycles. The van der Waals surface area contributed by atoms with Crippen LogP contribution < -0.4 is 4.72 Å². The van der Waals surface area contributed by atoms with Gasteiger partial charge in [-0.15, -0.1) is 0 Å². The van der Waals surface area contributed by atoms with E-state index in [1.807, 2.05) is 4.72 Å². The number of sulfonamides is 1. The van der Waals surface area contributed by atoms with E-state index >= 15 is 0 Å². The SMILES string of the molecule is Cc1nn(C)c(C)c1S(=O)(=O)N[C@H](CC(=O)O)C(=O)O. The molecule has 0 radical (unpaired) electrons. The lowest BCUT2D eigenvalue weighted by atomic mass is 10.2. The molecule has 0 saturated carbocycles. The highest BCUT2D eigenvalue weighted by Gasteiger charge is 2.31. The van der Waals surface area contributed by atoms with Crippen LogP contribution in [-0.2, 0) is 26.7 Å². The quantitative estimate of drug-likeness (QED) is 0.628. The van der Waals surface area contributed by atoms with Crippen molar-refractivity contribution in [3.8, 4) is 0 Å². The predicted molar refractivity (Wildman–Crippen MR) is 66.7 cm³/mol. The maximum atomic E-state index is 12.2.